The number of halogens is 3. The van der Waals surface area contributed by atoms with Gasteiger partial charge in [0.2, 0.25) is 0 Å². The largest absolute Gasteiger partial charge is 0.431 e. The SMILES string of the molecule is O=C(Nc1ccc2[nH]c(C(F)(F)F)cc2c1)Oc1ccccc1. The van der Waals surface area contributed by atoms with Crippen LogP contribution in [-0.4, -0.2) is 11.1 Å². The van der Waals surface area contributed by atoms with Crippen molar-refractivity contribution in [3.05, 3.63) is 60.3 Å². The molecular weight excluding hydrogens is 309 g/mol. The average Bonchev–Trinajstić information content (AvgIpc) is 2.91. The van der Waals surface area contributed by atoms with Crippen LogP contribution in [-0.2, 0) is 6.18 Å². The highest BCUT2D eigenvalue weighted by atomic mass is 19.4. The van der Waals surface area contributed by atoms with E-state index in [1.54, 1.807) is 30.3 Å². The molecule has 3 rings (SSSR count). The molecule has 0 spiro atoms. The van der Waals surface area contributed by atoms with Crippen molar-refractivity contribution in [2.24, 2.45) is 0 Å². The summed E-state index contributed by atoms with van der Waals surface area (Å²) < 4.78 is 43.0. The Morgan fingerprint density at radius 3 is 2.48 bits per heavy atom. The number of para-hydroxylation sites is 1. The van der Waals surface area contributed by atoms with E-state index < -0.39 is 18.0 Å². The van der Waals surface area contributed by atoms with Gasteiger partial charge in [-0.05, 0) is 36.4 Å². The second kappa shape index (κ2) is 5.68. The molecule has 1 heterocycles. The van der Waals surface area contributed by atoms with Crippen LogP contribution in [0.3, 0.4) is 0 Å². The van der Waals surface area contributed by atoms with Crippen LogP contribution in [0.5, 0.6) is 5.75 Å². The lowest BCUT2D eigenvalue weighted by molar-refractivity contribution is -0.140. The number of rotatable bonds is 2. The van der Waals surface area contributed by atoms with Crippen LogP contribution < -0.4 is 10.1 Å². The standard InChI is InChI=1S/C16H11F3N2O2/c17-16(18,19)14-9-10-8-11(6-7-13(10)21-14)20-15(22)23-12-4-2-1-3-5-12/h1-9,21H,(H,20,22). The van der Waals surface area contributed by atoms with Gasteiger partial charge in [-0.3, -0.25) is 5.32 Å². The number of alkyl halides is 3. The molecule has 0 saturated heterocycles. The van der Waals surface area contributed by atoms with Crippen molar-refractivity contribution >= 4 is 22.7 Å². The van der Waals surface area contributed by atoms with E-state index in [1.165, 1.54) is 18.2 Å². The minimum Gasteiger partial charge on any atom is -0.410 e. The number of carbonyl (C=O) groups excluding carboxylic acids is 1. The van der Waals surface area contributed by atoms with Crippen LogP contribution in [0.2, 0.25) is 0 Å². The van der Waals surface area contributed by atoms with Gasteiger partial charge in [0.1, 0.15) is 11.4 Å². The van der Waals surface area contributed by atoms with Crippen LogP contribution >= 0.6 is 0 Å². The molecule has 2 N–H and O–H groups in total. The molecule has 0 fully saturated rings. The van der Waals surface area contributed by atoms with Crippen molar-refractivity contribution in [2.75, 3.05) is 5.32 Å². The van der Waals surface area contributed by atoms with Gasteiger partial charge in [0.05, 0.1) is 0 Å². The number of hydrogen-bond acceptors (Lipinski definition) is 2. The van der Waals surface area contributed by atoms with Gasteiger partial charge in [-0.15, -0.1) is 0 Å². The number of amides is 1. The second-order valence-corrected chi connectivity index (χ2v) is 4.81. The maximum atomic E-state index is 12.7. The lowest BCUT2D eigenvalue weighted by Crippen LogP contribution is -2.16. The van der Waals surface area contributed by atoms with Crippen molar-refractivity contribution < 1.29 is 22.7 Å². The van der Waals surface area contributed by atoms with Gasteiger partial charge in [0.15, 0.2) is 0 Å². The third-order valence-corrected chi connectivity index (χ3v) is 3.13. The summed E-state index contributed by atoms with van der Waals surface area (Å²) in [6, 6.07) is 13.8. The highest BCUT2D eigenvalue weighted by Gasteiger charge is 2.32. The molecule has 0 aliphatic rings. The zero-order valence-electron chi connectivity index (χ0n) is 11.6. The molecule has 118 valence electrons. The first kappa shape index (κ1) is 15.0. The molecule has 4 nitrogen and oxygen atoms in total. The smallest absolute Gasteiger partial charge is 0.410 e. The number of fused-ring (bicyclic) bond motifs is 1. The first-order valence-corrected chi connectivity index (χ1v) is 6.66. The molecule has 0 unspecified atom stereocenters. The number of H-pyrrole nitrogens is 1. The number of aromatic amines is 1. The fourth-order valence-corrected chi connectivity index (χ4v) is 2.10. The van der Waals surface area contributed by atoms with Crippen molar-refractivity contribution in [3.8, 4) is 5.75 Å². The van der Waals surface area contributed by atoms with E-state index in [0.29, 0.717) is 22.3 Å². The van der Waals surface area contributed by atoms with Gasteiger partial charge in [-0.2, -0.15) is 13.2 Å². The van der Waals surface area contributed by atoms with E-state index in [2.05, 4.69) is 10.3 Å². The topological polar surface area (TPSA) is 54.1 Å². The number of ether oxygens (including phenoxy) is 1. The second-order valence-electron chi connectivity index (χ2n) is 4.81. The van der Waals surface area contributed by atoms with Crippen LogP contribution in [0.1, 0.15) is 5.69 Å². The number of anilines is 1. The molecule has 23 heavy (non-hydrogen) atoms. The molecule has 2 aromatic carbocycles. The summed E-state index contributed by atoms with van der Waals surface area (Å²) in [5.41, 5.74) is -0.165. The molecule has 0 radical (unpaired) electrons. The lowest BCUT2D eigenvalue weighted by Gasteiger charge is -2.06. The van der Waals surface area contributed by atoms with Crippen molar-refractivity contribution in [1.29, 1.82) is 0 Å². The van der Waals surface area contributed by atoms with Crippen LogP contribution in [0.4, 0.5) is 23.7 Å². The minimum atomic E-state index is -4.45. The monoisotopic (exact) mass is 320 g/mol. The van der Waals surface area contributed by atoms with Crippen LogP contribution in [0.15, 0.2) is 54.6 Å². The Morgan fingerprint density at radius 2 is 1.78 bits per heavy atom. The maximum Gasteiger partial charge on any atom is 0.431 e. The Balaban J connectivity index is 1.77. The fraction of sp³-hybridized carbons (Fsp3) is 0.0625. The highest BCUT2D eigenvalue weighted by molar-refractivity contribution is 5.91. The maximum absolute atomic E-state index is 12.7. The zero-order chi connectivity index (χ0) is 16.4. The van der Waals surface area contributed by atoms with E-state index in [9.17, 15) is 18.0 Å². The van der Waals surface area contributed by atoms with Crippen LogP contribution in [0.25, 0.3) is 10.9 Å². The molecule has 1 amide bonds. The number of carbonyl (C=O) groups is 1. The van der Waals surface area contributed by atoms with Gasteiger partial charge in [0.25, 0.3) is 0 Å². The summed E-state index contributed by atoms with van der Waals surface area (Å²) in [6.07, 6.45) is -5.17. The van der Waals surface area contributed by atoms with E-state index in [4.69, 9.17) is 4.74 Å². The van der Waals surface area contributed by atoms with E-state index >= 15 is 0 Å². The number of nitrogens with one attached hydrogen (secondary N) is 2. The molecule has 7 heteroatoms. The average molecular weight is 320 g/mol. The molecular formula is C16H11F3N2O2. The third kappa shape index (κ3) is 3.45. The quantitative estimate of drug-likeness (QED) is 0.713. The Bertz CT molecular complexity index is 841. The molecule has 1 aromatic heterocycles. The summed E-state index contributed by atoms with van der Waals surface area (Å²) in [4.78, 5) is 14.0. The molecule has 0 aliphatic carbocycles. The van der Waals surface area contributed by atoms with E-state index in [0.717, 1.165) is 6.07 Å². The van der Waals surface area contributed by atoms with Gasteiger partial charge in [-0.25, -0.2) is 4.79 Å². The Morgan fingerprint density at radius 1 is 1.04 bits per heavy atom. The third-order valence-electron chi connectivity index (χ3n) is 3.13. The van der Waals surface area contributed by atoms with Crippen LogP contribution in [0, 0.1) is 0 Å². The molecule has 0 saturated carbocycles. The Kier molecular flexibility index (Phi) is 3.69. The predicted octanol–water partition coefficient (Wildman–Crippen LogP) is 4.80. The summed E-state index contributed by atoms with van der Waals surface area (Å²) in [5, 5.41) is 2.82. The van der Waals surface area contributed by atoms with Gasteiger partial charge < -0.3 is 9.72 Å². The summed E-state index contributed by atoms with van der Waals surface area (Å²) in [7, 11) is 0. The Hall–Kier alpha value is -2.96. The number of hydrogen-bond donors (Lipinski definition) is 2. The van der Waals surface area contributed by atoms with E-state index in [-0.39, 0.29) is 0 Å². The molecule has 0 bridgehead atoms. The fourth-order valence-electron chi connectivity index (χ4n) is 2.10. The first-order chi connectivity index (χ1) is 10.9. The Labute approximate surface area is 128 Å². The van der Waals surface area contributed by atoms with Crippen molar-refractivity contribution in [3.63, 3.8) is 0 Å². The van der Waals surface area contributed by atoms with Gasteiger partial charge >= 0.3 is 12.3 Å². The molecule has 0 aliphatic heterocycles. The first-order valence-electron chi connectivity index (χ1n) is 6.66. The number of aromatic nitrogens is 1. The molecule has 3 aromatic rings. The van der Waals surface area contributed by atoms with Crippen molar-refractivity contribution in [1.82, 2.24) is 4.98 Å². The summed E-state index contributed by atoms with van der Waals surface area (Å²) in [6.45, 7) is 0. The normalized spacial score (nSPS) is 11.4. The summed E-state index contributed by atoms with van der Waals surface area (Å²) in [5.74, 6) is 0.368. The summed E-state index contributed by atoms with van der Waals surface area (Å²) >= 11 is 0. The van der Waals surface area contributed by atoms with Gasteiger partial charge in [-0.1, -0.05) is 18.2 Å². The van der Waals surface area contributed by atoms with E-state index in [1.807, 2.05) is 0 Å². The predicted molar refractivity (Wildman–Crippen MR) is 79.4 cm³/mol. The number of benzene rings is 2. The minimum absolute atomic E-state index is 0.333. The van der Waals surface area contributed by atoms with Gasteiger partial charge in [0, 0.05) is 16.6 Å². The van der Waals surface area contributed by atoms with Crippen molar-refractivity contribution in [2.45, 2.75) is 6.18 Å². The zero-order valence-corrected chi connectivity index (χ0v) is 11.6. The lowest BCUT2D eigenvalue weighted by atomic mass is 10.2. The molecule has 0 atom stereocenters. The highest BCUT2D eigenvalue weighted by Crippen LogP contribution is 2.31.